The molecule has 1 aromatic carbocycles. The number of hydrogen-bond acceptors (Lipinski definition) is 2. The van der Waals surface area contributed by atoms with E-state index >= 15 is 0 Å². The van der Waals surface area contributed by atoms with Gasteiger partial charge in [-0.15, -0.1) is 0 Å². The number of benzene rings is 1. The molecule has 0 bridgehead atoms. The standard InChI is InChI=1S/C11H13ClF2N2/c1-15-8-2-3-16(6-8)11-9(12)4-7(13)5-10(11)14/h4-5,8,15H,2-3,6H2,1H3. The highest BCUT2D eigenvalue weighted by Crippen LogP contribution is 2.32. The van der Waals surface area contributed by atoms with Gasteiger partial charge >= 0.3 is 0 Å². The Hall–Kier alpha value is -0.870. The van der Waals surface area contributed by atoms with Crippen molar-refractivity contribution in [2.45, 2.75) is 12.5 Å². The lowest BCUT2D eigenvalue weighted by Crippen LogP contribution is -2.30. The number of rotatable bonds is 2. The zero-order chi connectivity index (χ0) is 11.7. The molecule has 0 amide bonds. The molecule has 1 saturated heterocycles. The van der Waals surface area contributed by atoms with Crippen molar-refractivity contribution in [1.29, 1.82) is 0 Å². The van der Waals surface area contributed by atoms with Crippen molar-refractivity contribution in [2.24, 2.45) is 0 Å². The molecule has 0 saturated carbocycles. The first kappa shape index (κ1) is 11.6. The van der Waals surface area contributed by atoms with Crippen LogP contribution in [0.25, 0.3) is 0 Å². The van der Waals surface area contributed by atoms with Crippen LogP contribution >= 0.6 is 11.6 Å². The summed E-state index contributed by atoms with van der Waals surface area (Å²) in [6.45, 7) is 1.42. The van der Waals surface area contributed by atoms with Gasteiger partial charge < -0.3 is 10.2 Å². The van der Waals surface area contributed by atoms with E-state index in [0.29, 0.717) is 18.3 Å². The molecule has 1 aromatic rings. The van der Waals surface area contributed by atoms with E-state index in [4.69, 9.17) is 11.6 Å². The van der Waals surface area contributed by atoms with E-state index in [1.165, 1.54) is 0 Å². The molecule has 1 heterocycles. The van der Waals surface area contributed by atoms with Crippen molar-refractivity contribution in [1.82, 2.24) is 5.32 Å². The van der Waals surface area contributed by atoms with Gasteiger partial charge in [0.1, 0.15) is 5.82 Å². The Labute approximate surface area is 98.2 Å². The molecule has 2 rings (SSSR count). The first-order valence-corrected chi connectivity index (χ1v) is 5.56. The number of nitrogens with zero attached hydrogens (tertiary/aromatic N) is 1. The molecule has 1 unspecified atom stereocenters. The second-order valence-electron chi connectivity index (χ2n) is 3.94. The molecule has 1 fully saturated rings. The Bertz CT molecular complexity index is 375. The van der Waals surface area contributed by atoms with Gasteiger partial charge in [-0.05, 0) is 19.5 Å². The monoisotopic (exact) mass is 246 g/mol. The number of anilines is 1. The minimum absolute atomic E-state index is 0.134. The predicted molar refractivity (Wildman–Crippen MR) is 61.0 cm³/mol. The fraction of sp³-hybridized carbons (Fsp3) is 0.455. The third-order valence-electron chi connectivity index (χ3n) is 2.89. The second-order valence-corrected chi connectivity index (χ2v) is 4.35. The van der Waals surface area contributed by atoms with E-state index in [1.54, 1.807) is 0 Å². The van der Waals surface area contributed by atoms with Gasteiger partial charge in [-0.1, -0.05) is 11.6 Å². The molecule has 0 spiro atoms. The summed E-state index contributed by atoms with van der Waals surface area (Å²) in [6, 6.07) is 2.35. The third-order valence-corrected chi connectivity index (χ3v) is 3.18. The number of hydrogen-bond donors (Lipinski definition) is 1. The zero-order valence-corrected chi connectivity index (χ0v) is 9.69. The lowest BCUT2D eigenvalue weighted by atomic mass is 10.2. The van der Waals surface area contributed by atoms with Crippen LogP contribution in [-0.4, -0.2) is 26.2 Å². The van der Waals surface area contributed by atoms with Gasteiger partial charge in [0.05, 0.1) is 10.7 Å². The highest BCUT2D eigenvalue weighted by Gasteiger charge is 2.25. The van der Waals surface area contributed by atoms with Gasteiger partial charge in [-0.25, -0.2) is 8.78 Å². The van der Waals surface area contributed by atoms with E-state index in [2.05, 4.69) is 5.32 Å². The van der Waals surface area contributed by atoms with Crippen LogP contribution in [0.15, 0.2) is 12.1 Å². The van der Waals surface area contributed by atoms with Crippen LogP contribution < -0.4 is 10.2 Å². The molecule has 16 heavy (non-hydrogen) atoms. The van der Waals surface area contributed by atoms with Crippen LogP contribution in [0.2, 0.25) is 5.02 Å². The van der Waals surface area contributed by atoms with Crippen LogP contribution in [0.3, 0.4) is 0 Å². The van der Waals surface area contributed by atoms with Crippen LogP contribution in [-0.2, 0) is 0 Å². The van der Waals surface area contributed by atoms with E-state index in [1.807, 2.05) is 11.9 Å². The van der Waals surface area contributed by atoms with E-state index in [0.717, 1.165) is 25.1 Å². The second kappa shape index (κ2) is 4.55. The van der Waals surface area contributed by atoms with Crippen LogP contribution in [0.4, 0.5) is 14.5 Å². The van der Waals surface area contributed by atoms with Crippen molar-refractivity contribution in [3.8, 4) is 0 Å². The predicted octanol–water partition coefficient (Wildman–Crippen LogP) is 2.42. The maximum Gasteiger partial charge on any atom is 0.150 e. The zero-order valence-electron chi connectivity index (χ0n) is 8.93. The molecule has 1 aliphatic rings. The molecule has 0 aliphatic carbocycles. The largest absolute Gasteiger partial charge is 0.366 e. The average molecular weight is 247 g/mol. The van der Waals surface area contributed by atoms with Gasteiger partial charge in [-0.2, -0.15) is 0 Å². The summed E-state index contributed by atoms with van der Waals surface area (Å²) in [6.07, 6.45) is 0.934. The highest BCUT2D eigenvalue weighted by atomic mass is 35.5. The fourth-order valence-electron chi connectivity index (χ4n) is 2.04. The summed E-state index contributed by atoms with van der Waals surface area (Å²) >= 11 is 5.86. The lowest BCUT2D eigenvalue weighted by molar-refractivity contribution is 0.579. The number of nitrogens with one attached hydrogen (secondary N) is 1. The molecule has 88 valence electrons. The minimum Gasteiger partial charge on any atom is -0.366 e. The maximum atomic E-state index is 13.6. The van der Waals surface area contributed by atoms with E-state index in [-0.39, 0.29) is 5.02 Å². The summed E-state index contributed by atoms with van der Waals surface area (Å²) in [7, 11) is 1.87. The maximum absolute atomic E-state index is 13.6. The topological polar surface area (TPSA) is 15.3 Å². The average Bonchev–Trinajstić information content (AvgIpc) is 2.64. The molecule has 1 atom stereocenters. The first-order chi connectivity index (χ1) is 7.61. The summed E-state index contributed by atoms with van der Waals surface area (Å²) in [5.41, 5.74) is 0.306. The Morgan fingerprint density at radius 3 is 2.75 bits per heavy atom. The number of likely N-dealkylation sites (N-methyl/N-ethyl adjacent to an activating group) is 1. The van der Waals surface area contributed by atoms with Crippen LogP contribution in [0.1, 0.15) is 6.42 Å². The Morgan fingerprint density at radius 2 is 2.19 bits per heavy atom. The lowest BCUT2D eigenvalue weighted by Gasteiger charge is -2.20. The van der Waals surface area contributed by atoms with Crippen LogP contribution in [0.5, 0.6) is 0 Å². The van der Waals surface area contributed by atoms with Gasteiger partial charge in [0.2, 0.25) is 0 Å². The highest BCUT2D eigenvalue weighted by molar-refractivity contribution is 6.33. The van der Waals surface area contributed by atoms with Crippen molar-refractivity contribution in [3.05, 3.63) is 28.8 Å². The molecule has 5 heteroatoms. The quantitative estimate of drug-likeness (QED) is 0.862. The Balaban J connectivity index is 2.28. The summed E-state index contributed by atoms with van der Waals surface area (Å²) in [4.78, 5) is 1.85. The molecule has 0 aromatic heterocycles. The third kappa shape index (κ3) is 2.13. The summed E-state index contributed by atoms with van der Waals surface area (Å²) in [5, 5.41) is 3.27. The molecule has 0 radical (unpaired) electrons. The molecular formula is C11H13ClF2N2. The molecular weight excluding hydrogens is 234 g/mol. The van der Waals surface area contributed by atoms with Gasteiger partial charge in [0.25, 0.3) is 0 Å². The number of halogens is 3. The fourth-order valence-corrected chi connectivity index (χ4v) is 2.35. The SMILES string of the molecule is CNC1CCN(c2c(F)cc(F)cc2Cl)C1. The Morgan fingerprint density at radius 1 is 1.44 bits per heavy atom. The van der Waals surface area contributed by atoms with Crippen molar-refractivity contribution < 1.29 is 8.78 Å². The minimum atomic E-state index is -0.643. The summed E-state index contributed by atoms with van der Waals surface area (Å²) < 4.78 is 26.5. The first-order valence-electron chi connectivity index (χ1n) is 5.18. The normalized spacial score (nSPS) is 20.5. The molecule has 2 nitrogen and oxygen atoms in total. The molecule has 1 N–H and O–H groups in total. The smallest absolute Gasteiger partial charge is 0.150 e. The van der Waals surface area contributed by atoms with Crippen LogP contribution in [0, 0.1) is 11.6 Å². The van der Waals surface area contributed by atoms with E-state index < -0.39 is 11.6 Å². The van der Waals surface area contributed by atoms with E-state index in [9.17, 15) is 8.78 Å². The van der Waals surface area contributed by atoms with Gasteiger partial charge in [0.15, 0.2) is 5.82 Å². The Kier molecular flexibility index (Phi) is 3.30. The van der Waals surface area contributed by atoms with Gasteiger partial charge in [-0.3, -0.25) is 0 Å². The van der Waals surface area contributed by atoms with Crippen molar-refractivity contribution in [2.75, 3.05) is 25.0 Å². The van der Waals surface area contributed by atoms with Crippen molar-refractivity contribution >= 4 is 17.3 Å². The van der Waals surface area contributed by atoms with Gasteiger partial charge in [0, 0.05) is 25.2 Å². The summed E-state index contributed by atoms with van der Waals surface area (Å²) in [5.74, 6) is -1.24. The molecule has 1 aliphatic heterocycles. The van der Waals surface area contributed by atoms with Crippen molar-refractivity contribution in [3.63, 3.8) is 0 Å².